The molecule has 25 heavy (non-hydrogen) atoms. The molecular weight excluding hydrogens is 328 g/mol. The number of rotatable bonds is 2. The Hall–Kier alpha value is -2.24. The number of hydrogen-bond acceptors (Lipinski definition) is 5. The van der Waals surface area contributed by atoms with Crippen molar-refractivity contribution in [1.82, 2.24) is 20.3 Å². The van der Waals surface area contributed by atoms with Gasteiger partial charge in [0.2, 0.25) is 0 Å². The third-order valence-corrected chi connectivity index (χ3v) is 6.09. The van der Waals surface area contributed by atoms with Gasteiger partial charge in [-0.25, -0.2) is 15.0 Å². The molecule has 0 amide bonds. The minimum absolute atomic E-state index is 0.137. The molecule has 1 N–H and O–H groups in total. The number of hydrogen-bond donors (Lipinski definition) is 1. The largest absolute Gasteiger partial charge is 0.305 e. The molecule has 5 heteroatoms. The Morgan fingerprint density at radius 2 is 1.96 bits per heavy atom. The predicted octanol–water partition coefficient (Wildman–Crippen LogP) is 3.92. The molecule has 0 saturated heterocycles. The van der Waals surface area contributed by atoms with Crippen LogP contribution in [-0.2, 0) is 0 Å². The van der Waals surface area contributed by atoms with Gasteiger partial charge in [0.15, 0.2) is 5.82 Å². The van der Waals surface area contributed by atoms with Crippen molar-refractivity contribution in [2.45, 2.75) is 18.9 Å². The van der Waals surface area contributed by atoms with Crippen molar-refractivity contribution in [3.63, 3.8) is 0 Å². The number of thioether (sulfide) groups is 1. The lowest BCUT2D eigenvalue weighted by Gasteiger charge is -2.27. The number of benzene rings is 1. The van der Waals surface area contributed by atoms with Gasteiger partial charge < -0.3 is 5.32 Å². The molecule has 1 unspecified atom stereocenters. The number of nitrogens with zero attached hydrogens (tertiary/aromatic N) is 3. The van der Waals surface area contributed by atoms with Crippen LogP contribution in [-0.4, -0.2) is 27.2 Å². The third-order valence-electron chi connectivity index (χ3n) is 4.87. The van der Waals surface area contributed by atoms with Gasteiger partial charge in [-0.15, -0.1) is 11.8 Å². The van der Waals surface area contributed by atoms with Gasteiger partial charge in [-0.3, -0.25) is 0 Å². The topological polar surface area (TPSA) is 50.7 Å². The molecule has 5 rings (SSSR count). The molecule has 1 atom stereocenters. The van der Waals surface area contributed by atoms with Crippen LogP contribution in [0.4, 0.5) is 0 Å². The summed E-state index contributed by atoms with van der Waals surface area (Å²) in [6.07, 6.45) is 9.08. The van der Waals surface area contributed by atoms with Gasteiger partial charge in [-0.05, 0) is 34.8 Å². The normalized spacial score (nSPS) is 20.1. The Kier molecular flexibility index (Phi) is 3.76. The fourth-order valence-electron chi connectivity index (χ4n) is 3.75. The minimum Gasteiger partial charge on any atom is -0.305 e. The van der Waals surface area contributed by atoms with E-state index in [1.54, 1.807) is 17.3 Å². The highest BCUT2D eigenvalue weighted by molar-refractivity contribution is 8.03. The zero-order valence-electron chi connectivity index (χ0n) is 13.7. The van der Waals surface area contributed by atoms with Gasteiger partial charge in [0.1, 0.15) is 0 Å². The molecule has 2 aliphatic rings. The molecule has 0 saturated carbocycles. The zero-order valence-corrected chi connectivity index (χ0v) is 14.5. The van der Waals surface area contributed by atoms with Crippen molar-refractivity contribution in [3.05, 3.63) is 65.1 Å². The van der Waals surface area contributed by atoms with Crippen molar-refractivity contribution < 1.29 is 0 Å². The van der Waals surface area contributed by atoms with E-state index in [1.807, 2.05) is 30.0 Å². The second-order valence-electron chi connectivity index (χ2n) is 6.29. The van der Waals surface area contributed by atoms with Crippen LogP contribution in [0.1, 0.15) is 24.6 Å². The molecule has 123 valence electrons. The zero-order chi connectivity index (χ0) is 16.6. The highest BCUT2D eigenvalue weighted by Gasteiger charge is 2.31. The first-order valence-electron chi connectivity index (χ1n) is 8.57. The van der Waals surface area contributed by atoms with Crippen LogP contribution in [0.5, 0.6) is 0 Å². The van der Waals surface area contributed by atoms with E-state index in [0.717, 1.165) is 47.2 Å². The van der Waals surface area contributed by atoms with E-state index in [0.29, 0.717) is 0 Å². The average Bonchev–Trinajstić information content (AvgIpc) is 3.17. The summed E-state index contributed by atoms with van der Waals surface area (Å²) in [5.41, 5.74) is 3.52. The molecule has 0 fully saturated rings. The molecule has 1 radical (unpaired) electrons. The first kappa shape index (κ1) is 15.0. The Labute approximate surface area is 150 Å². The summed E-state index contributed by atoms with van der Waals surface area (Å²) in [5, 5.41) is 5.78. The Balaban J connectivity index is 1.77. The van der Waals surface area contributed by atoms with E-state index in [9.17, 15) is 0 Å². The lowest BCUT2D eigenvalue weighted by atomic mass is 9.91. The smallest absolute Gasteiger partial charge is 0.161 e. The summed E-state index contributed by atoms with van der Waals surface area (Å²) >= 11 is 2.00. The van der Waals surface area contributed by atoms with E-state index < -0.39 is 0 Å². The van der Waals surface area contributed by atoms with E-state index in [-0.39, 0.29) is 6.04 Å². The van der Waals surface area contributed by atoms with Crippen LogP contribution in [0, 0.1) is 6.20 Å². The lowest BCUT2D eigenvalue weighted by Crippen LogP contribution is -2.29. The SMILES string of the molecule is [c]1nc(C2NCCC3=C2CCS3)c(-c2ncccn2)c2ccccc12. The molecule has 1 aromatic carbocycles. The minimum atomic E-state index is 0.137. The molecule has 0 spiro atoms. The summed E-state index contributed by atoms with van der Waals surface area (Å²) in [6, 6.07) is 10.2. The van der Waals surface area contributed by atoms with Crippen molar-refractivity contribution in [2.75, 3.05) is 12.3 Å². The average molecular weight is 345 g/mol. The molecule has 0 bridgehead atoms. The van der Waals surface area contributed by atoms with Crippen molar-refractivity contribution in [2.24, 2.45) is 0 Å². The van der Waals surface area contributed by atoms with Crippen molar-refractivity contribution >= 4 is 22.5 Å². The van der Waals surface area contributed by atoms with Crippen LogP contribution in [0.15, 0.2) is 53.2 Å². The van der Waals surface area contributed by atoms with Gasteiger partial charge >= 0.3 is 0 Å². The Morgan fingerprint density at radius 1 is 1.08 bits per heavy atom. The molecule has 2 aliphatic heterocycles. The fraction of sp³-hybridized carbons (Fsp3) is 0.250. The van der Waals surface area contributed by atoms with E-state index in [2.05, 4.69) is 33.6 Å². The van der Waals surface area contributed by atoms with E-state index in [4.69, 9.17) is 4.98 Å². The maximum Gasteiger partial charge on any atom is 0.161 e. The highest BCUT2D eigenvalue weighted by atomic mass is 32.2. The Morgan fingerprint density at radius 3 is 2.88 bits per heavy atom. The Bertz CT molecular complexity index is 968. The lowest BCUT2D eigenvalue weighted by molar-refractivity contribution is 0.549. The number of fused-ring (bicyclic) bond motifs is 1. The van der Waals surface area contributed by atoms with Gasteiger partial charge in [0.05, 0.1) is 23.5 Å². The third kappa shape index (κ3) is 2.55. The maximum absolute atomic E-state index is 4.76. The molecule has 3 aromatic rings. The monoisotopic (exact) mass is 345 g/mol. The summed E-state index contributed by atoms with van der Waals surface area (Å²) in [5.74, 6) is 1.91. The summed E-state index contributed by atoms with van der Waals surface area (Å²) in [6.45, 7) is 0.986. The first-order chi connectivity index (χ1) is 12.4. The standard InChI is InChI=1S/C20H17N4S/c1-2-5-14-13(4-1)12-24-19(17(14)20-22-8-3-9-23-20)18-15-7-11-25-16(15)6-10-21-18/h1-5,8-9,18,21H,6-7,10-11H2. The molecular formula is C20H17N4S. The highest BCUT2D eigenvalue weighted by Crippen LogP contribution is 2.44. The summed E-state index contributed by atoms with van der Waals surface area (Å²) < 4.78 is 0. The second kappa shape index (κ2) is 6.24. The van der Waals surface area contributed by atoms with Crippen LogP contribution in [0.2, 0.25) is 0 Å². The second-order valence-corrected chi connectivity index (χ2v) is 7.48. The van der Waals surface area contributed by atoms with Crippen LogP contribution < -0.4 is 5.32 Å². The number of pyridine rings is 1. The van der Waals surface area contributed by atoms with Crippen molar-refractivity contribution in [3.8, 4) is 11.4 Å². The van der Waals surface area contributed by atoms with Gasteiger partial charge in [0, 0.05) is 30.1 Å². The predicted molar refractivity (Wildman–Crippen MR) is 101 cm³/mol. The summed E-state index contributed by atoms with van der Waals surface area (Å²) in [7, 11) is 0. The van der Waals surface area contributed by atoms with Crippen LogP contribution >= 0.6 is 11.8 Å². The van der Waals surface area contributed by atoms with E-state index in [1.165, 1.54) is 11.3 Å². The molecule has 4 nitrogen and oxygen atoms in total. The van der Waals surface area contributed by atoms with Crippen LogP contribution in [0.25, 0.3) is 22.2 Å². The fourth-order valence-corrected chi connectivity index (χ4v) is 4.97. The van der Waals surface area contributed by atoms with Gasteiger partial charge in [-0.2, -0.15) is 0 Å². The van der Waals surface area contributed by atoms with Gasteiger partial charge in [0.25, 0.3) is 0 Å². The maximum atomic E-state index is 4.76. The molecule has 0 aliphatic carbocycles. The molecule has 2 aromatic heterocycles. The van der Waals surface area contributed by atoms with Crippen molar-refractivity contribution in [1.29, 1.82) is 0 Å². The first-order valence-corrected chi connectivity index (χ1v) is 9.56. The molecule has 4 heterocycles. The van der Waals surface area contributed by atoms with Gasteiger partial charge in [-0.1, -0.05) is 24.3 Å². The summed E-state index contributed by atoms with van der Waals surface area (Å²) in [4.78, 5) is 15.3. The number of nitrogens with one attached hydrogen (secondary N) is 1. The van der Waals surface area contributed by atoms with E-state index >= 15 is 0 Å². The number of aromatic nitrogens is 3. The quantitative estimate of drug-likeness (QED) is 0.763. The van der Waals surface area contributed by atoms with Crippen LogP contribution in [0.3, 0.4) is 0 Å².